The van der Waals surface area contributed by atoms with Crippen molar-refractivity contribution in [1.29, 1.82) is 0 Å². The molecule has 1 N–H and O–H groups in total. The number of aromatic nitrogens is 2. The SMILES string of the molecule is Cc1ccc(NC(=O)C(C)n2c(=S)n(-c3ccccc3CN3CCN(C)CC3)c3ccccc32)c(Cl)c1. The molecule has 1 saturated heterocycles. The van der Waals surface area contributed by atoms with E-state index < -0.39 is 6.04 Å². The molecule has 1 amide bonds. The molecule has 0 saturated carbocycles. The van der Waals surface area contributed by atoms with E-state index in [-0.39, 0.29) is 5.91 Å². The van der Waals surface area contributed by atoms with Crippen LogP contribution >= 0.6 is 23.8 Å². The van der Waals surface area contributed by atoms with E-state index in [4.69, 9.17) is 23.8 Å². The second-order valence-corrected chi connectivity index (χ2v) is 10.6. The number of benzene rings is 3. The normalized spacial score (nSPS) is 15.7. The molecule has 0 radical (unpaired) electrons. The number of carbonyl (C=O) groups excluding carboxylic acids is 1. The van der Waals surface area contributed by atoms with Crippen LogP contribution in [0.4, 0.5) is 5.69 Å². The molecule has 37 heavy (non-hydrogen) atoms. The van der Waals surface area contributed by atoms with Crippen LogP contribution in [0.1, 0.15) is 24.1 Å². The lowest BCUT2D eigenvalue weighted by Crippen LogP contribution is -2.44. The second kappa shape index (κ2) is 10.8. The summed E-state index contributed by atoms with van der Waals surface area (Å²) in [5.74, 6) is -0.171. The van der Waals surface area contributed by atoms with Crippen molar-refractivity contribution in [1.82, 2.24) is 18.9 Å². The standard InChI is InChI=1S/C29H32ClN5OS/c1-20-12-13-24(23(30)18-20)31-28(36)21(2)34-26-10-6-7-11-27(26)35(29(34)37)25-9-5-4-8-22(25)19-33-16-14-32(3)15-17-33/h4-13,18,21H,14-17,19H2,1-3H3,(H,31,36). The number of piperazine rings is 1. The van der Waals surface area contributed by atoms with E-state index in [2.05, 4.69) is 51.0 Å². The Balaban J connectivity index is 1.53. The Morgan fingerprint density at radius 3 is 2.41 bits per heavy atom. The number of para-hydroxylation sites is 3. The lowest BCUT2D eigenvalue weighted by molar-refractivity contribution is -0.118. The van der Waals surface area contributed by atoms with Gasteiger partial charge in [-0.05, 0) is 74.6 Å². The molecule has 6 nitrogen and oxygen atoms in total. The largest absolute Gasteiger partial charge is 0.323 e. The zero-order valence-corrected chi connectivity index (χ0v) is 23.0. The van der Waals surface area contributed by atoms with E-state index >= 15 is 0 Å². The van der Waals surface area contributed by atoms with Gasteiger partial charge in [0.25, 0.3) is 0 Å². The number of likely N-dealkylation sites (N-methyl/N-ethyl adjacent to an activating group) is 1. The van der Waals surface area contributed by atoms with Gasteiger partial charge in [-0.25, -0.2) is 0 Å². The van der Waals surface area contributed by atoms with Gasteiger partial charge in [0.1, 0.15) is 6.04 Å². The number of imidazole rings is 1. The van der Waals surface area contributed by atoms with Gasteiger partial charge in [-0.1, -0.05) is 48.0 Å². The van der Waals surface area contributed by atoms with E-state index in [1.807, 2.05) is 60.9 Å². The minimum atomic E-state index is -0.541. The highest BCUT2D eigenvalue weighted by Crippen LogP contribution is 2.29. The van der Waals surface area contributed by atoms with Crippen LogP contribution in [0.25, 0.3) is 16.7 Å². The Kier molecular flexibility index (Phi) is 7.49. The number of rotatable bonds is 6. The Labute approximate surface area is 228 Å². The molecule has 0 spiro atoms. The minimum absolute atomic E-state index is 0.171. The molecule has 1 fully saturated rings. The van der Waals surface area contributed by atoms with Crippen LogP contribution in [0.15, 0.2) is 66.7 Å². The highest BCUT2D eigenvalue weighted by molar-refractivity contribution is 7.71. The Morgan fingerprint density at radius 1 is 1.00 bits per heavy atom. The Hall–Kier alpha value is -2.97. The fourth-order valence-corrected chi connectivity index (χ4v) is 5.70. The van der Waals surface area contributed by atoms with Crippen molar-refractivity contribution in [3.05, 3.63) is 87.7 Å². The fraction of sp³-hybridized carbons (Fsp3) is 0.310. The molecule has 0 bridgehead atoms. The number of hydrogen-bond donors (Lipinski definition) is 1. The number of hydrogen-bond acceptors (Lipinski definition) is 4. The maximum atomic E-state index is 13.4. The molecule has 8 heteroatoms. The molecule has 1 aliphatic rings. The van der Waals surface area contributed by atoms with Crippen LogP contribution in [-0.4, -0.2) is 58.1 Å². The Morgan fingerprint density at radius 2 is 1.68 bits per heavy atom. The van der Waals surface area contributed by atoms with Crippen LogP contribution < -0.4 is 5.32 Å². The van der Waals surface area contributed by atoms with Gasteiger partial charge < -0.3 is 14.8 Å². The summed E-state index contributed by atoms with van der Waals surface area (Å²) in [5, 5.41) is 3.51. The molecule has 3 aromatic carbocycles. The number of aryl methyl sites for hydroxylation is 1. The third-order valence-corrected chi connectivity index (χ3v) is 7.84. The summed E-state index contributed by atoms with van der Waals surface area (Å²) in [6.45, 7) is 8.91. The predicted molar refractivity (Wildman–Crippen MR) is 154 cm³/mol. The molecule has 1 atom stereocenters. The van der Waals surface area contributed by atoms with E-state index in [1.165, 1.54) is 5.56 Å². The van der Waals surface area contributed by atoms with E-state index in [0.717, 1.165) is 55.0 Å². The van der Waals surface area contributed by atoms with Crippen LogP contribution in [0, 0.1) is 11.7 Å². The first-order chi connectivity index (χ1) is 17.8. The van der Waals surface area contributed by atoms with Gasteiger partial charge in [0.15, 0.2) is 4.77 Å². The van der Waals surface area contributed by atoms with Crippen LogP contribution in [0.3, 0.4) is 0 Å². The summed E-state index contributed by atoms with van der Waals surface area (Å²) in [7, 11) is 2.17. The number of anilines is 1. The van der Waals surface area contributed by atoms with Gasteiger partial charge in [-0.3, -0.25) is 14.3 Å². The van der Waals surface area contributed by atoms with Crippen molar-refractivity contribution in [2.75, 3.05) is 38.5 Å². The lowest BCUT2D eigenvalue weighted by Gasteiger charge is -2.32. The van der Waals surface area contributed by atoms with Crippen molar-refractivity contribution in [3.8, 4) is 5.69 Å². The number of nitrogens with zero attached hydrogens (tertiary/aromatic N) is 4. The van der Waals surface area contributed by atoms with E-state index in [9.17, 15) is 4.79 Å². The van der Waals surface area contributed by atoms with Crippen LogP contribution in [0.5, 0.6) is 0 Å². The third-order valence-electron chi connectivity index (χ3n) is 7.15. The highest BCUT2D eigenvalue weighted by Gasteiger charge is 2.23. The minimum Gasteiger partial charge on any atom is -0.323 e. The van der Waals surface area contributed by atoms with Crippen molar-refractivity contribution in [2.24, 2.45) is 0 Å². The highest BCUT2D eigenvalue weighted by atomic mass is 35.5. The van der Waals surface area contributed by atoms with Gasteiger partial charge in [0, 0.05) is 32.7 Å². The van der Waals surface area contributed by atoms with Crippen molar-refractivity contribution >= 4 is 46.4 Å². The molecular weight excluding hydrogens is 502 g/mol. The summed E-state index contributed by atoms with van der Waals surface area (Å²) >= 11 is 12.4. The second-order valence-electron chi connectivity index (χ2n) is 9.83. The molecule has 2 heterocycles. The van der Waals surface area contributed by atoms with Gasteiger partial charge in [0.05, 0.1) is 27.4 Å². The molecule has 4 aromatic rings. The van der Waals surface area contributed by atoms with Crippen LogP contribution in [-0.2, 0) is 11.3 Å². The first-order valence-electron chi connectivity index (χ1n) is 12.6. The Bertz CT molecular complexity index is 1500. The maximum absolute atomic E-state index is 13.4. The van der Waals surface area contributed by atoms with Gasteiger partial charge in [0.2, 0.25) is 5.91 Å². The summed E-state index contributed by atoms with van der Waals surface area (Å²) < 4.78 is 4.64. The van der Waals surface area contributed by atoms with Crippen molar-refractivity contribution < 1.29 is 4.79 Å². The molecular formula is C29H32ClN5OS. The summed E-state index contributed by atoms with van der Waals surface area (Å²) in [6.07, 6.45) is 0. The monoisotopic (exact) mass is 533 g/mol. The smallest absolute Gasteiger partial charge is 0.247 e. The van der Waals surface area contributed by atoms with E-state index in [0.29, 0.717) is 15.5 Å². The number of amides is 1. The number of nitrogens with one attached hydrogen (secondary N) is 1. The topological polar surface area (TPSA) is 45.4 Å². The number of fused-ring (bicyclic) bond motifs is 1. The summed E-state index contributed by atoms with van der Waals surface area (Å²) in [4.78, 5) is 18.2. The first kappa shape index (κ1) is 25.7. The number of carbonyl (C=O) groups is 1. The average Bonchev–Trinajstić information content (AvgIpc) is 3.18. The first-order valence-corrected chi connectivity index (χ1v) is 13.4. The van der Waals surface area contributed by atoms with Crippen molar-refractivity contribution in [3.63, 3.8) is 0 Å². The van der Waals surface area contributed by atoms with Gasteiger partial charge in [-0.15, -0.1) is 0 Å². The maximum Gasteiger partial charge on any atom is 0.247 e. The van der Waals surface area contributed by atoms with E-state index in [1.54, 1.807) is 0 Å². The fourth-order valence-electron chi connectivity index (χ4n) is 4.96. The van der Waals surface area contributed by atoms with Gasteiger partial charge >= 0.3 is 0 Å². The zero-order chi connectivity index (χ0) is 26.1. The van der Waals surface area contributed by atoms with Crippen molar-refractivity contribution in [2.45, 2.75) is 26.4 Å². The van der Waals surface area contributed by atoms with Gasteiger partial charge in [-0.2, -0.15) is 0 Å². The quantitative estimate of drug-likeness (QED) is 0.305. The summed E-state index contributed by atoms with van der Waals surface area (Å²) in [5.41, 5.74) is 5.80. The lowest BCUT2D eigenvalue weighted by atomic mass is 10.1. The molecule has 5 rings (SSSR count). The number of halogens is 1. The molecule has 1 aromatic heterocycles. The molecule has 192 valence electrons. The zero-order valence-electron chi connectivity index (χ0n) is 21.4. The third kappa shape index (κ3) is 5.22. The average molecular weight is 534 g/mol. The van der Waals surface area contributed by atoms with Crippen LogP contribution in [0.2, 0.25) is 5.02 Å². The molecule has 0 aliphatic carbocycles. The summed E-state index contributed by atoms with van der Waals surface area (Å²) in [6, 6.07) is 21.6. The molecule has 1 unspecified atom stereocenters. The predicted octanol–water partition coefficient (Wildman–Crippen LogP) is 6.07. The molecule has 1 aliphatic heterocycles.